The van der Waals surface area contributed by atoms with E-state index in [0.29, 0.717) is 36.2 Å². The number of ether oxygens (including phenoxy) is 2. The summed E-state index contributed by atoms with van der Waals surface area (Å²) in [5.41, 5.74) is 2.51. The predicted molar refractivity (Wildman–Crippen MR) is 107 cm³/mol. The molecule has 1 N–H and O–H groups in total. The fourth-order valence-corrected chi connectivity index (χ4v) is 3.34. The maximum Gasteiger partial charge on any atom is 0.255 e. The molecule has 3 aromatic rings. The second kappa shape index (κ2) is 7.35. The van der Waals surface area contributed by atoms with E-state index in [0.717, 1.165) is 24.0 Å². The van der Waals surface area contributed by atoms with E-state index in [1.54, 1.807) is 18.2 Å². The van der Waals surface area contributed by atoms with Crippen molar-refractivity contribution >= 4 is 22.5 Å². The summed E-state index contributed by atoms with van der Waals surface area (Å²) in [5, 5.41) is 4.10. The number of aromatic nitrogens is 1. The van der Waals surface area contributed by atoms with Gasteiger partial charge in [0.2, 0.25) is 0 Å². The van der Waals surface area contributed by atoms with Crippen molar-refractivity contribution < 1.29 is 14.3 Å². The fourth-order valence-electron chi connectivity index (χ4n) is 3.34. The highest BCUT2D eigenvalue weighted by Gasteiger charge is 2.14. The first kappa shape index (κ1) is 17.5. The zero-order valence-corrected chi connectivity index (χ0v) is 15.7. The Morgan fingerprint density at radius 1 is 1.07 bits per heavy atom. The lowest BCUT2D eigenvalue weighted by Gasteiger charge is -2.11. The minimum absolute atomic E-state index is 0.161. The zero-order valence-electron chi connectivity index (χ0n) is 15.7. The molecule has 1 aliphatic rings. The number of hydrogen-bond acceptors (Lipinski definition) is 3. The summed E-state index contributed by atoms with van der Waals surface area (Å²) in [7, 11) is 0. The molecule has 2 aromatic carbocycles. The van der Waals surface area contributed by atoms with E-state index in [4.69, 9.17) is 9.47 Å². The second-order valence-corrected chi connectivity index (χ2v) is 7.30. The van der Waals surface area contributed by atoms with Crippen LogP contribution in [0.5, 0.6) is 11.5 Å². The quantitative estimate of drug-likeness (QED) is 0.729. The standard InChI is InChI=1S/C22H24N2O3/c1-15(2)14-24-9-8-16-12-18(5-6-19(16)24)23-22(25)17-4-7-20-21(13-17)27-11-3-10-26-20/h4-9,12-13,15H,3,10-11,14H2,1-2H3,(H,23,25). The molecule has 5 nitrogen and oxygen atoms in total. The summed E-state index contributed by atoms with van der Waals surface area (Å²) in [6.07, 6.45) is 2.94. The normalized spacial score (nSPS) is 13.6. The van der Waals surface area contributed by atoms with E-state index in [9.17, 15) is 4.79 Å². The number of rotatable bonds is 4. The van der Waals surface area contributed by atoms with Crippen LogP contribution in [0.3, 0.4) is 0 Å². The van der Waals surface area contributed by atoms with Crippen LogP contribution in [0.1, 0.15) is 30.6 Å². The Morgan fingerprint density at radius 2 is 1.89 bits per heavy atom. The van der Waals surface area contributed by atoms with Crippen LogP contribution >= 0.6 is 0 Å². The van der Waals surface area contributed by atoms with Crippen LogP contribution in [0.25, 0.3) is 10.9 Å². The highest BCUT2D eigenvalue weighted by Crippen LogP contribution is 2.31. The average molecular weight is 364 g/mol. The average Bonchev–Trinajstić information content (AvgIpc) is 2.88. The van der Waals surface area contributed by atoms with Crippen LogP contribution in [0, 0.1) is 5.92 Å². The van der Waals surface area contributed by atoms with Gasteiger partial charge in [-0.3, -0.25) is 4.79 Å². The van der Waals surface area contributed by atoms with Crippen molar-refractivity contribution in [2.75, 3.05) is 18.5 Å². The zero-order chi connectivity index (χ0) is 18.8. The molecule has 27 heavy (non-hydrogen) atoms. The van der Waals surface area contributed by atoms with E-state index in [1.807, 2.05) is 12.1 Å². The van der Waals surface area contributed by atoms with Crippen molar-refractivity contribution in [2.24, 2.45) is 5.92 Å². The Balaban J connectivity index is 1.53. The van der Waals surface area contributed by atoms with Gasteiger partial charge in [-0.1, -0.05) is 13.8 Å². The van der Waals surface area contributed by atoms with Gasteiger partial charge in [-0.15, -0.1) is 0 Å². The van der Waals surface area contributed by atoms with Crippen LogP contribution in [0.4, 0.5) is 5.69 Å². The van der Waals surface area contributed by atoms with Gasteiger partial charge in [0.25, 0.3) is 5.91 Å². The third kappa shape index (κ3) is 3.77. The minimum atomic E-state index is -0.161. The summed E-state index contributed by atoms with van der Waals surface area (Å²) in [6.45, 7) is 6.62. The van der Waals surface area contributed by atoms with Gasteiger partial charge in [0, 0.05) is 41.3 Å². The van der Waals surface area contributed by atoms with Crippen molar-refractivity contribution in [1.82, 2.24) is 4.57 Å². The molecule has 0 spiro atoms. The topological polar surface area (TPSA) is 52.5 Å². The molecular formula is C22H24N2O3. The fraction of sp³-hybridized carbons (Fsp3) is 0.318. The van der Waals surface area contributed by atoms with Crippen molar-refractivity contribution in [3.8, 4) is 11.5 Å². The maximum absolute atomic E-state index is 12.7. The van der Waals surface area contributed by atoms with E-state index in [1.165, 1.54) is 5.52 Å². The third-order valence-corrected chi connectivity index (χ3v) is 4.60. The SMILES string of the molecule is CC(C)Cn1ccc2cc(NC(=O)c3ccc4c(c3)OCCCO4)ccc21. The maximum atomic E-state index is 12.7. The van der Waals surface area contributed by atoms with Crippen LogP contribution < -0.4 is 14.8 Å². The molecule has 1 aromatic heterocycles. The molecule has 140 valence electrons. The number of anilines is 1. The lowest BCUT2D eigenvalue weighted by molar-refractivity contribution is 0.102. The molecule has 1 aliphatic heterocycles. The largest absolute Gasteiger partial charge is 0.490 e. The van der Waals surface area contributed by atoms with Crippen molar-refractivity contribution in [1.29, 1.82) is 0 Å². The Kier molecular flexibility index (Phi) is 4.75. The molecular weight excluding hydrogens is 340 g/mol. The van der Waals surface area contributed by atoms with E-state index in [-0.39, 0.29) is 5.91 Å². The Labute approximate surface area is 158 Å². The van der Waals surface area contributed by atoms with Gasteiger partial charge < -0.3 is 19.4 Å². The minimum Gasteiger partial charge on any atom is -0.490 e. The molecule has 2 heterocycles. The number of fused-ring (bicyclic) bond motifs is 2. The van der Waals surface area contributed by atoms with E-state index in [2.05, 4.69) is 42.1 Å². The van der Waals surface area contributed by atoms with Crippen molar-refractivity contribution in [3.05, 3.63) is 54.2 Å². The van der Waals surface area contributed by atoms with Gasteiger partial charge in [0.15, 0.2) is 11.5 Å². The number of benzene rings is 2. The number of amides is 1. The number of nitrogens with one attached hydrogen (secondary N) is 1. The molecule has 0 bridgehead atoms. The van der Waals surface area contributed by atoms with Crippen LogP contribution in [-0.2, 0) is 6.54 Å². The molecule has 0 aliphatic carbocycles. The Bertz CT molecular complexity index is 975. The van der Waals surface area contributed by atoms with Gasteiger partial charge in [-0.2, -0.15) is 0 Å². The molecule has 0 fully saturated rings. The predicted octanol–water partition coefficient (Wildman–Crippen LogP) is 4.71. The first-order chi connectivity index (χ1) is 13.1. The first-order valence-electron chi connectivity index (χ1n) is 9.40. The van der Waals surface area contributed by atoms with Crippen LogP contribution in [0.2, 0.25) is 0 Å². The van der Waals surface area contributed by atoms with Gasteiger partial charge in [0.1, 0.15) is 0 Å². The number of carbonyl (C=O) groups excluding carboxylic acids is 1. The molecule has 4 rings (SSSR count). The van der Waals surface area contributed by atoms with Crippen LogP contribution in [0.15, 0.2) is 48.7 Å². The molecule has 0 radical (unpaired) electrons. The summed E-state index contributed by atoms with van der Waals surface area (Å²) >= 11 is 0. The third-order valence-electron chi connectivity index (χ3n) is 4.60. The monoisotopic (exact) mass is 364 g/mol. The van der Waals surface area contributed by atoms with Gasteiger partial charge in [-0.25, -0.2) is 0 Å². The van der Waals surface area contributed by atoms with Gasteiger partial charge in [-0.05, 0) is 48.4 Å². The van der Waals surface area contributed by atoms with Crippen molar-refractivity contribution in [3.63, 3.8) is 0 Å². The first-order valence-corrected chi connectivity index (χ1v) is 9.40. The molecule has 5 heteroatoms. The van der Waals surface area contributed by atoms with Crippen molar-refractivity contribution in [2.45, 2.75) is 26.8 Å². The second-order valence-electron chi connectivity index (χ2n) is 7.30. The van der Waals surface area contributed by atoms with E-state index >= 15 is 0 Å². The Hall–Kier alpha value is -2.95. The highest BCUT2D eigenvalue weighted by molar-refractivity contribution is 6.05. The van der Waals surface area contributed by atoms with Crippen LogP contribution in [-0.4, -0.2) is 23.7 Å². The number of nitrogens with zero attached hydrogens (tertiary/aromatic N) is 1. The molecule has 0 atom stereocenters. The molecule has 0 unspecified atom stereocenters. The van der Waals surface area contributed by atoms with Gasteiger partial charge in [0.05, 0.1) is 13.2 Å². The molecule has 0 saturated heterocycles. The smallest absolute Gasteiger partial charge is 0.255 e. The lowest BCUT2D eigenvalue weighted by atomic mass is 10.1. The molecule has 1 amide bonds. The molecule has 0 saturated carbocycles. The number of hydrogen-bond donors (Lipinski definition) is 1. The Morgan fingerprint density at radius 3 is 2.70 bits per heavy atom. The van der Waals surface area contributed by atoms with E-state index < -0.39 is 0 Å². The summed E-state index contributed by atoms with van der Waals surface area (Å²) in [4.78, 5) is 12.7. The summed E-state index contributed by atoms with van der Waals surface area (Å²) in [6, 6.07) is 13.4. The summed E-state index contributed by atoms with van der Waals surface area (Å²) in [5.74, 6) is 1.74. The lowest BCUT2D eigenvalue weighted by Crippen LogP contribution is -2.12. The summed E-state index contributed by atoms with van der Waals surface area (Å²) < 4.78 is 13.5. The van der Waals surface area contributed by atoms with Gasteiger partial charge >= 0.3 is 0 Å². The number of carbonyl (C=O) groups is 1. The highest BCUT2D eigenvalue weighted by atomic mass is 16.5.